The van der Waals surface area contributed by atoms with Gasteiger partial charge in [0.25, 0.3) is 0 Å². The molecule has 5 nitrogen and oxygen atoms in total. The molecule has 15 heavy (non-hydrogen) atoms. The van der Waals surface area contributed by atoms with Crippen molar-refractivity contribution in [2.75, 3.05) is 5.75 Å². The first kappa shape index (κ1) is 9.93. The van der Waals surface area contributed by atoms with Crippen LogP contribution in [-0.4, -0.2) is 25.7 Å². The van der Waals surface area contributed by atoms with Crippen LogP contribution in [0.2, 0.25) is 0 Å². The van der Waals surface area contributed by atoms with Crippen molar-refractivity contribution in [1.29, 1.82) is 5.26 Å². The lowest BCUT2D eigenvalue weighted by molar-refractivity contribution is 0.862. The molecule has 1 unspecified atom stereocenters. The molecule has 0 aliphatic carbocycles. The van der Waals surface area contributed by atoms with Crippen molar-refractivity contribution in [3.8, 4) is 6.07 Å². The molecule has 0 saturated heterocycles. The Bertz CT molecular complexity index is 500. The van der Waals surface area contributed by atoms with E-state index in [4.69, 9.17) is 5.26 Å². The molecule has 2 aromatic heterocycles. The fraction of sp³-hybridized carbons (Fsp3) is 0.333. The van der Waals surface area contributed by atoms with Crippen molar-refractivity contribution in [2.45, 2.75) is 11.9 Å². The first-order chi connectivity index (χ1) is 7.31. The standard InChI is InChI=1S/C9H9N5S/c1-6(2-10)3-15-9-7-8(12-4-11-7)13-5-14-9/h4-6H,3H2,1H3,(H,11,12,13,14). The normalized spacial score (nSPS) is 12.5. The second-order valence-corrected chi connectivity index (χ2v) is 4.13. The van der Waals surface area contributed by atoms with E-state index in [1.807, 2.05) is 6.92 Å². The molecule has 0 amide bonds. The van der Waals surface area contributed by atoms with E-state index in [1.165, 1.54) is 6.33 Å². The van der Waals surface area contributed by atoms with E-state index in [0.717, 1.165) is 16.3 Å². The minimum absolute atomic E-state index is 0.0166. The van der Waals surface area contributed by atoms with Crippen LogP contribution < -0.4 is 0 Å². The van der Waals surface area contributed by atoms with Crippen molar-refractivity contribution in [2.24, 2.45) is 5.92 Å². The zero-order chi connectivity index (χ0) is 10.7. The van der Waals surface area contributed by atoms with E-state index < -0.39 is 0 Å². The number of hydrogen-bond donors (Lipinski definition) is 1. The van der Waals surface area contributed by atoms with Crippen LogP contribution >= 0.6 is 11.8 Å². The van der Waals surface area contributed by atoms with Gasteiger partial charge in [-0.1, -0.05) is 0 Å². The van der Waals surface area contributed by atoms with E-state index in [0.29, 0.717) is 5.65 Å². The highest BCUT2D eigenvalue weighted by Crippen LogP contribution is 2.23. The van der Waals surface area contributed by atoms with Crippen LogP contribution in [-0.2, 0) is 0 Å². The first-order valence-corrected chi connectivity index (χ1v) is 5.46. The maximum atomic E-state index is 8.67. The number of aromatic amines is 1. The third-order valence-electron chi connectivity index (χ3n) is 1.88. The number of fused-ring (bicyclic) bond motifs is 1. The summed E-state index contributed by atoms with van der Waals surface area (Å²) in [5, 5.41) is 9.52. The lowest BCUT2D eigenvalue weighted by atomic mass is 10.3. The Morgan fingerprint density at radius 3 is 3.20 bits per heavy atom. The molecule has 76 valence electrons. The Labute approximate surface area is 91.0 Å². The summed E-state index contributed by atoms with van der Waals surface area (Å²) in [6, 6.07) is 2.19. The van der Waals surface area contributed by atoms with Crippen molar-refractivity contribution in [3.63, 3.8) is 0 Å². The molecule has 0 aromatic carbocycles. The second kappa shape index (κ2) is 4.28. The number of nitriles is 1. The lowest BCUT2D eigenvalue weighted by Gasteiger charge is -2.01. The number of imidazole rings is 1. The topological polar surface area (TPSA) is 78.2 Å². The molecule has 6 heteroatoms. The molecular formula is C9H9N5S. The minimum Gasteiger partial charge on any atom is -0.341 e. The predicted octanol–water partition coefficient (Wildman–Crippen LogP) is 1.60. The molecule has 2 aromatic rings. The number of rotatable bonds is 3. The number of hydrogen-bond acceptors (Lipinski definition) is 5. The summed E-state index contributed by atoms with van der Waals surface area (Å²) < 4.78 is 0. The molecule has 0 bridgehead atoms. The Morgan fingerprint density at radius 1 is 1.53 bits per heavy atom. The highest BCUT2D eigenvalue weighted by molar-refractivity contribution is 7.99. The van der Waals surface area contributed by atoms with Gasteiger partial charge in [-0.2, -0.15) is 5.26 Å². The van der Waals surface area contributed by atoms with Crippen molar-refractivity contribution in [3.05, 3.63) is 12.7 Å². The molecule has 0 aliphatic heterocycles. The van der Waals surface area contributed by atoms with E-state index >= 15 is 0 Å². The van der Waals surface area contributed by atoms with Crippen LogP contribution in [0.1, 0.15) is 6.92 Å². The van der Waals surface area contributed by atoms with Gasteiger partial charge in [-0.15, -0.1) is 11.8 Å². The molecule has 0 spiro atoms. The Hall–Kier alpha value is -1.61. The summed E-state index contributed by atoms with van der Waals surface area (Å²) in [6.07, 6.45) is 3.08. The van der Waals surface area contributed by atoms with Crippen molar-refractivity contribution in [1.82, 2.24) is 19.9 Å². The Morgan fingerprint density at radius 2 is 2.40 bits per heavy atom. The zero-order valence-corrected chi connectivity index (χ0v) is 8.95. The van der Waals surface area contributed by atoms with E-state index in [2.05, 4.69) is 26.0 Å². The van der Waals surface area contributed by atoms with Gasteiger partial charge in [0.15, 0.2) is 5.65 Å². The second-order valence-electron chi connectivity index (χ2n) is 3.12. The Balaban J connectivity index is 2.21. The monoisotopic (exact) mass is 219 g/mol. The molecule has 0 aliphatic rings. The molecule has 2 rings (SSSR count). The third kappa shape index (κ3) is 2.07. The highest BCUT2D eigenvalue weighted by atomic mass is 32.2. The van der Waals surface area contributed by atoms with Gasteiger partial charge in [-0.3, -0.25) is 0 Å². The van der Waals surface area contributed by atoms with Crippen LogP contribution in [0.4, 0.5) is 0 Å². The highest BCUT2D eigenvalue weighted by Gasteiger charge is 2.08. The van der Waals surface area contributed by atoms with E-state index in [-0.39, 0.29) is 5.92 Å². The number of nitrogens with one attached hydrogen (secondary N) is 1. The van der Waals surface area contributed by atoms with Gasteiger partial charge in [0.1, 0.15) is 16.9 Å². The summed E-state index contributed by atoms with van der Waals surface area (Å²) in [5.74, 6) is 0.740. The van der Waals surface area contributed by atoms with Crippen LogP contribution in [0.25, 0.3) is 11.2 Å². The third-order valence-corrected chi connectivity index (χ3v) is 3.13. The maximum Gasteiger partial charge on any atom is 0.181 e. The van der Waals surface area contributed by atoms with Gasteiger partial charge in [0, 0.05) is 5.75 Å². The summed E-state index contributed by atoms with van der Waals surface area (Å²) >= 11 is 1.54. The lowest BCUT2D eigenvalue weighted by Crippen LogP contribution is -1.95. The number of nitrogens with zero attached hydrogens (tertiary/aromatic N) is 4. The molecular weight excluding hydrogens is 210 g/mol. The number of H-pyrrole nitrogens is 1. The Kier molecular flexibility index (Phi) is 2.83. The zero-order valence-electron chi connectivity index (χ0n) is 8.14. The van der Waals surface area contributed by atoms with E-state index in [9.17, 15) is 0 Å². The summed E-state index contributed by atoms with van der Waals surface area (Å²) in [5.41, 5.74) is 1.50. The van der Waals surface area contributed by atoms with Crippen LogP contribution in [0.5, 0.6) is 0 Å². The molecule has 2 heterocycles. The number of thioether (sulfide) groups is 1. The molecule has 0 fully saturated rings. The smallest absolute Gasteiger partial charge is 0.181 e. The SMILES string of the molecule is CC(C#N)CSc1ncnc2nc[nH]c12. The largest absolute Gasteiger partial charge is 0.341 e. The fourth-order valence-electron chi connectivity index (χ4n) is 1.09. The average Bonchev–Trinajstić information content (AvgIpc) is 2.74. The van der Waals surface area contributed by atoms with Crippen molar-refractivity contribution >= 4 is 22.9 Å². The summed E-state index contributed by atoms with van der Waals surface area (Å²) in [7, 11) is 0. The van der Waals surface area contributed by atoms with Gasteiger partial charge in [-0.05, 0) is 6.92 Å². The van der Waals surface area contributed by atoms with Gasteiger partial charge in [0.2, 0.25) is 0 Å². The quantitative estimate of drug-likeness (QED) is 0.626. The first-order valence-electron chi connectivity index (χ1n) is 4.47. The molecule has 0 radical (unpaired) electrons. The van der Waals surface area contributed by atoms with Gasteiger partial charge < -0.3 is 4.98 Å². The van der Waals surface area contributed by atoms with E-state index in [1.54, 1.807) is 18.1 Å². The average molecular weight is 219 g/mol. The number of aromatic nitrogens is 4. The van der Waals surface area contributed by atoms with Crippen LogP contribution in [0, 0.1) is 17.2 Å². The summed E-state index contributed by atoms with van der Waals surface area (Å²) in [4.78, 5) is 15.2. The fourth-order valence-corrected chi connectivity index (χ4v) is 1.99. The van der Waals surface area contributed by atoms with Crippen LogP contribution in [0.15, 0.2) is 17.7 Å². The molecule has 1 N–H and O–H groups in total. The molecule has 0 saturated carbocycles. The van der Waals surface area contributed by atoms with Gasteiger partial charge in [-0.25, -0.2) is 15.0 Å². The molecule has 1 atom stereocenters. The maximum absolute atomic E-state index is 8.67. The predicted molar refractivity (Wildman–Crippen MR) is 57.2 cm³/mol. The van der Waals surface area contributed by atoms with Gasteiger partial charge in [0.05, 0.1) is 18.3 Å². The van der Waals surface area contributed by atoms with Gasteiger partial charge >= 0.3 is 0 Å². The van der Waals surface area contributed by atoms with Crippen molar-refractivity contribution < 1.29 is 0 Å². The summed E-state index contributed by atoms with van der Waals surface area (Å²) in [6.45, 7) is 1.89. The van der Waals surface area contributed by atoms with Crippen LogP contribution in [0.3, 0.4) is 0 Å². The minimum atomic E-state index is 0.0166.